The molecule has 1 N–H and O–H groups in total. The highest BCUT2D eigenvalue weighted by Gasteiger charge is 2.28. The molecule has 1 heterocycles. The third-order valence-corrected chi connectivity index (χ3v) is 5.46. The number of likely N-dealkylation sites (N-methyl/N-ethyl adjacent to an activating group) is 1. The number of amides is 1. The van der Waals surface area contributed by atoms with E-state index in [0.29, 0.717) is 13.0 Å². The van der Waals surface area contributed by atoms with Crippen molar-refractivity contribution in [2.24, 2.45) is 0 Å². The molecule has 1 saturated heterocycles. The molecule has 0 aromatic heterocycles. The molecule has 0 bridgehead atoms. The lowest BCUT2D eigenvalue weighted by atomic mass is 10.0. The van der Waals surface area contributed by atoms with Crippen LogP contribution in [0.25, 0.3) is 0 Å². The molecule has 4 nitrogen and oxygen atoms in total. The van der Waals surface area contributed by atoms with Crippen LogP contribution in [0.15, 0.2) is 59.1 Å². The number of aliphatic hydroxyl groups is 1. The number of carbonyl (C=O) groups is 1. The van der Waals surface area contributed by atoms with Gasteiger partial charge in [-0.05, 0) is 29.7 Å². The summed E-state index contributed by atoms with van der Waals surface area (Å²) >= 11 is 3.46. The number of likely N-dealkylation sites (tertiary alicyclic amines) is 1. The normalized spacial score (nSPS) is 18.7. The number of hydrogen-bond acceptors (Lipinski definition) is 3. The number of aliphatic hydroxyl groups excluding tert-OH is 1. The number of rotatable bonds is 6. The van der Waals surface area contributed by atoms with Crippen LogP contribution in [0.1, 0.15) is 23.6 Å². The summed E-state index contributed by atoms with van der Waals surface area (Å²) in [4.78, 5) is 17.0. The van der Waals surface area contributed by atoms with E-state index in [2.05, 4.69) is 33.0 Å². The summed E-state index contributed by atoms with van der Waals surface area (Å²) in [5.74, 6) is 0.0942. The molecule has 0 saturated carbocycles. The highest BCUT2D eigenvalue weighted by molar-refractivity contribution is 9.10. The number of β-amino-alcohol motifs (C(OH)–C–C–N with tert-alkyl or cyclic N) is 1. The molecule has 138 valence electrons. The molecule has 1 aliphatic rings. The summed E-state index contributed by atoms with van der Waals surface area (Å²) in [5.41, 5.74) is 2.12. The standard InChI is InChI=1S/C21H25BrN2O2/c1-23(21(26)13-16-6-5-9-18(22)12-16)20(17-7-3-2-4-8-17)15-24-11-10-19(25)14-24/h2-9,12,19-20,25H,10-11,13-15H2,1H3. The molecule has 2 aromatic carbocycles. The molecule has 0 radical (unpaired) electrons. The number of carbonyl (C=O) groups excluding carboxylic acids is 1. The van der Waals surface area contributed by atoms with E-state index in [1.165, 1.54) is 0 Å². The van der Waals surface area contributed by atoms with Crippen LogP contribution in [0.2, 0.25) is 0 Å². The lowest BCUT2D eigenvalue weighted by Crippen LogP contribution is -2.39. The van der Waals surface area contributed by atoms with Crippen LogP contribution in [0.4, 0.5) is 0 Å². The molecular weight excluding hydrogens is 392 g/mol. The average molecular weight is 417 g/mol. The molecule has 0 aliphatic carbocycles. The van der Waals surface area contributed by atoms with Crippen LogP contribution >= 0.6 is 15.9 Å². The van der Waals surface area contributed by atoms with E-state index >= 15 is 0 Å². The topological polar surface area (TPSA) is 43.8 Å². The monoisotopic (exact) mass is 416 g/mol. The quantitative estimate of drug-likeness (QED) is 0.785. The van der Waals surface area contributed by atoms with Gasteiger partial charge in [0, 0.05) is 31.2 Å². The Morgan fingerprint density at radius 2 is 2.04 bits per heavy atom. The molecule has 2 aromatic rings. The van der Waals surface area contributed by atoms with Crippen LogP contribution in [0, 0.1) is 0 Å². The Morgan fingerprint density at radius 3 is 2.69 bits per heavy atom. The summed E-state index contributed by atoms with van der Waals surface area (Å²) in [5, 5.41) is 9.83. The summed E-state index contributed by atoms with van der Waals surface area (Å²) in [7, 11) is 1.88. The SMILES string of the molecule is CN(C(=O)Cc1cccc(Br)c1)C(CN1CCC(O)C1)c1ccccc1. The van der Waals surface area contributed by atoms with Crippen LogP contribution < -0.4 is 0 Å². The van der Waals surface area contributed by atoms with Crippen LogP contribution in [-0.2, 0) is 11.2 Å². The fourth-order valence-corrected chi connectivity index (χ4v) is 3.92. The van der Waals surface area contributed by atoms with Crippen molar-refractivity contribution < 1.29 is 9.90 Å². The van der Waals surface area contributed by atoms with Crippen molar-refractivity contribution in [2.45, 2.75) is 25.0 Å². The van der Waals surface area contributed by atoms with E-state index in [9.17, 15) is 9.90 Å². The van der Waals surface area contributed by atoms with E-state index in [4.69, 9.17) is 0 Å². The predicted octanol–water partition coefficient (Wildman–Crippen LogP) is 3.26. The number of hydrogen-bond donors (Lipinski definition) is 1. The zero-order valence-electron chi connectivity index (χ0n) is 15.0. The molecule has 1 amide bonds. The van der Waals surface area contributed by atoms with Gasteiger partial charge in [-0.3, -0.25) is 9.69 Å². The first-order valence-corrected chi connectivity index (χ1v) is 9.77. The Labute approximate surface area is 163 Å². The fourth-order valence-electron chi connectivity index (χ4n) is 3.47. The zero-order valence-corrected chi connectivity index (χ0v) is 16.6. The molecule has 1 fully saturated rings. The summed E-state index contributed by atoms with van der Waals surface area (Å²) in [6, 6.07) is 18.0. The van der Waals surface area contributed by atoms with E-state index in [1.807, 2.05) is 54.4 Å². The first-order chi connectivity index (χ1) is 12.5. The minimum Gasteiger partial charge on any atom is -0.392 e. The maximum Gasteiger partial charge on any atom is 0.227 e. The van der Waals surface area contributed by atoms with Crippen LogP contribution in [0.3, 0.4) is 0 Å². The zero-order chi connectivity index (χ0) is 18.5. The highest BCUT2D eigenvalue weighted by Crippen LogP contribution is 2.24. The van der Waals surface area contributed by atoms with Crippen molar-refractivity contribution >= 4 is 21.8 Å². The number of nitrogens with zero attached hydrogens (tertiary/aromatic N) is 2. The van der Waals surface area contributed by atoms with Crippen molar-refractivity contribution in [1.29, 1.82) is 0 Å². The van der Waals surface area contributed by atoms with Gasteiger partial charge in [-0.1, -0.05) is 58.4 Å². The van der Waals surface area contributed by atoms with Crippen molar-refractivity contribution in [2.75, 3.05) is 26.7 Å². The van der Waals surface area contributed by atoms with Crippen molar-refractivity contribution in [3.05, 3.63) is 70.2 Å². The Kier molecular flexibility index (Phi) is 6.46. The van der Waals surface area contributed by atoms with Gasteiger partial charge in [-0.25, -0.2) is 0 Å². The van der Waals surface area contributed by atoms with Crippen LogP contribution in [-0.4, -0.2) is 53.6 Å². The second-order valence-electron chi connectivity index (χ2n) is 6.94. The maximum absolute atomic E-state index is 12.9. The highest BCUT2D eigenvalue weighted by atomic mass is 79.9. The van der Waals surface area contributed by atoms with Gasteiger partial charge >= 0.3 is 0 Å². The van der Waals surface area contributed by atoms with Crippen molar-refractivity contribution in [3.63, 3.8) is 0 Å². The third kappa shape index (κ3) is 4.93. The van der Waals surface area contributed by atoms with Crippen molar-refractivity contribution in [3.8, 4) is 0 Å². The number of benzene rings is 2. The van der Waals surface area contributed by atoms with Gasteiger partial charge < -0.3 is 10.0 Å². The summed E-state index contributed by atoms with van der Waals surface area (Å²) < 4.78 is 0.983. The smallest absolute Gasteiger partial charge is 0.227 e. The Hall–Kier alpha value is -1.69. The van der Waals surface area contributed by atoms with Gasteiger partial charge in [0.05, 0.1) is 18.6 Å². The van der Waals surface area contributed by atoms with Crippen molar-refractivity contribution in [1.82, 2.24) is 9.80 Å². The Balaban J connectivity index is 1.75. The van der Waals surface area contributed by atoms with Gasteiger partial charge in [-0.15, -0.1) is 0 Å². The first kappa shape index (κ1) is 19.1. The molecule has 2 atom stereocenters. The lowest BCUT2D eigenvalue weighted by molar-refractivity contribution is -0.131. The van der Waals surface area contributed by atoms with Gasteiger partial charge in [0.1, 0.15) is 0 Å². The second-order valence-corrected chi connectivity index (χ2v) is 7.86. The molecule has 5 heteroatoms. The van der Waals surface area contributed by atoms with Gasteiger partial charge in [0.2, 0.25) is 5.91 Å². The molecular formula is C21H25BrN2O2. The Bertz CT molecular complexity index is 738. The molecule has 0 spiro atoms. The van der Waals surface area contributed by atoms with E-state index < -0.39 is 0 Å². The minimum atomic E-state index is -0.255. The first-order valence-electron chi connectivity index (χ1n) is 8.98. The largest absolute Gasteiger partial charge is 0.392 e. The molecule has 26 heavy (non-hydrogen) atoms. The third-order valence-electron chi connectivity index (χ3n) is 4.97. The van der Waals surface area contributed by atoms with Crippen LogP contribution in [0.5, 0.6) is 0 Å². The Morgan fingerprint density at radius 1 is 1.27 bits per heavy atom. The van der Waals surface area contributed by atoms with Gasteiger partial charge in [0.25, 0.3) is 0 Å². The lowest BCUT2D eigenvalue weighted by Gasteiger charge is -2.32. The minimum absolute atomic E-state index is 0.0267. The molecule has 1 aliphatic heterocycles. The van der Waals surface area contributed by atoms with Gasteiger partial charge in [0.15, 0.2) is 0 Å². The number of halogens is 1. The van der Waals surface area contributed by atoms with E-state index in [0.717, 1.165) is 35.1 Å². The second kappa shape index (κ2) is 8.80. The summed E-state index contributed by atoms with van der Waals surface area (Å²) in [6.07, 6.45) is 0.924. The fraction of sp³-hybridized carbons (Fsp3) is 0.381. The van der Waals surface area contributed by atoms with E-state index in [1.54, 1.807) is 0 Å². The summed E-state index contributed by atoms with van der Waals surface area (Å²) in [6.45, 7) is 2.29. The average Bonchev–Trinajstić information content (AvgIpc) is 3.05. The van der Waals surface area contributed by atoms with E-state index in [-0.39, 0.29) is 18.1 Å². The molecule has 3 rings (SSSR count). The predicted molar refractivity (Wildman–Crippen MR) is 107 cm³/mol. The molecule has 2 unspecified atom stereocenters. The maximum atomic E-state index is 12.9. The van der Waals surface area contributed by atoms with Gasteiger partial charge in [-0.2, -0.15) is 0 Å².